The van der Waals surface area contributed by atoms with Crippen LogP contribution in [-0.4, -0.2) is 11.9 Å². The van der Waals surface area contributed by atoms with Gasteiger partial charge in [-0.25, -0.2) is 9.59 Å². The zero-order chi connectivity index (χ0) is 12.6. The lowest BCUT2D eigenvalue weighted by Crippen LogP contribution is -2.49. The number of benzene rings is 1. The van der Waals surface area contributed by atoms with Gasteiger partial charge in [-0.2, -0.15) is 0 Å². The highest BCUT2D eigenvalue weighted by atomic mass is 35.5. The van der Waals surface area contributed by atoms with Crippen LogP contribution in [-0.2, 0) is 19.3 Å². The molecule has 1 aliphatic rings. The molecule has 1 aliphatic heterocycles. The van der Waals surface area contributed by atoms with Gasteiger partial charge in [0, 0.05) is 5.02 Å². The van der Waals surface area contributed by atoms with E-state index in [1.807, 2.05) is 5.59 Å². The third-order valence-electron chi connectivity index (χ3n) is 1.75. The van der Waals surface area contributed by atoms with Crippen molar-refractivity contribution < 1.29 is 19.3 Å². The van der Waals surface area contributed by atoms with E-state index in [9.17, 15) is 9.59 Å². The van der Waals surface area contributed by atoms with Crippen LogP contribution < -0.4 is 10.8 Å². The second-order valence-corrected chi connectivity index (χ2v) is 4.12. The molecule has 0 spiro atoms. The highest BCUT2D eigenvalue weighted by Crippen LogP contribution is 2.36. The first-order chi connectivity index (χ1) is 7.99. The van der Waals surface area contributed by atoms with Crippen molar-refractivity contribution >= 4 is 52.4 Å². The molecule has 1 fully saturated rings. The highest BCUT2D eigenvalue weighted by Gasteiger charge is 2.31. The Hall–Kier alpha value is -1.21. The standard InChI is InChI=1S/C8H3Cl3N2O4/c9-3-1-4(10)6(5(11)2-3)13-12-16-7(14)8(15)17-13/h1-2,12H. The lowest BCUT2D eigenvalue weighted by molar-refractivity contribution is -0.192. The maximum absolute atomic E-state index is 11.0. The van der Waals surface area contributed by atoms with Gasteiger partial charge in [0.15, 0.2) is 0 Å². The fraction of sp³-hybridized carbons (Fsp3) is 0. The van der Waals surface area contributed by atoms with E-state index in [2.05, 4.69) is 9.68 Å². The number of anilines is 1. The van der Waals surface area contributed by atoms with E-state index >= 15 is 0 Å². The summed E-state index contributed by atoms with van der Waals surface area (Å²) < 4.78 is 0. The van der Waals surface area contributed by atoms with E-state index in [4.69, 9.17) is 34.8 Å². The molecular formula is C8H3Cl3N2O4. The Balaban J connectivity index is 2.35. The fourth-order valence-electron chi connectivity index (χ4n) is 1.08. The lowest BCUT2D eigenvalue weighted by Gasteiger charge is -2.26. The Bertz CT molecular complexity index is 485. The Morgan fingerprint density at radius 2 is 1.65 bits per heavy atom. The van der Waals surface area contributed by atoms with Crippen LogP contribution in [0.2, 0.25) is 15.1 Å². The van der Waals surface area contributed by atoms with Gasteiger partial charge >= 0.3 is 11.9 Å². The van der Waals surface area contributed by atoms with Crippen LogP contribution in [0.3, 0.4) is 0 Å². The number of halogens is 3. The van der Waals surface area contributed by atoms with Crippen molar-refractivity contribution in [1.82, 2.24) is 5.59 Å². The number of nitrogens with one attached hydrogen (secondary N) is 1. The molecule has 1 saturated heterocycles. The summed E-state index contributed by atoms with van der Waals surface area (Å²) in [5, 5.41) is 1.26. The van der Waals surface area contributed by atoms with Crippen LogP contribution in [0, 0.1) is 0 Å². The minimum atomic E-state index is -1.20. The number of hydrazine groups is 1. The van der Waals surface area contributed by atoms with Crippen molar-refractivity contribution in [2.45, 2.75) is 0 Å². The first kappa shape index (κ1) is 12.3. The summed E-state index contributed by atoms with van der Waals surface area (Å²) in [4.78, 5) is 30.6. The van der Waals surface area contributed by atoms with Crippen LogP contribution in [0.25, 0.3) is 0 Å². The number of carbonyl (C=O) groups is 2. The predicted molar refractivity (Wildman–Crippen MR) is 59.3 cm³/mol. The van der Waals surface area contributed by atoms with Gasteiger partial charge in [-0.3, -0.25) is 0 Å². The third kappa shape index (κ3) is 2.39. The lowest BCUT2D eigenvalue weighted by atomic mass is 10.3. The van der Waals surface area contributed by atoms with Crippen molar-refractivity contribution in [3.05, 3.63) is 27.2 Å². The monoisotopic (exact) mass is 296 g/mol. The Morgan fingerprint density at radius 1 is 1.06 bits per heavy atom. The SMILES string of the molecule is O=C1ONN(c2c(Cl)cc(Cl)cc2Cl)OC1=O. The summed E-state index contributed by atoms with van der Waals surface area (Å²) in [7, 11) is 0. The summed E-state index contributed by atoms with van der Waals surface area (Å²) in [5.74, 6) is -2.38. The second kappa shape index (κ2) is 4.58. The number of nitrogens with zero attached hydrogens (tertiary/aromatic N) is 1. The molecule has 6 nitrogen and oxygen atoms in total. The van der Waals surface area contributed by atoms with Gasteiger partial charge in [-0.15, -0.1) is 0 Å². The topological polar surface area (TPSA) is 67.9 Å². The molecule has 0 aromatic heterocycles. The van der Waals surface area contributed by atoms with Crippen molar-refractivity contribution in [2.24, 2.45) is 0 Å². The second-order valence-electron chi connectivity index (χ2n) is 2.87. The average Bonchev–Trinajstić information content (AvgIpc) is 2.21. The molecule has 0 saturated carbocycles. The quantitative estimate of drug-likeness (QED) is 0.798. The molecule has 2 rings (SSSR count). The van der Waals surface area contributed by atoms with Gasteiger partial charge in [0.25, 0.3) is 0 Å². The third-order valence-corrected chi connectivity index (χ3v) is 2.54. The van der Waals surface area contributed by atoms with Gasteiger partial charge in [-0.1, -0.05) is 40.0 Å². The average molecular weight is 297 g/mol. The number of carbonyl (C=O) groups excluding carboxylic acids is 2. The zero-order valence-corrected chi connectivity index (χ0v) is 10.1. The molecule has 1 aromatic carbocycles. The maximum Gasteiger partial charge on any atom is 0.444 e. The molecule has 1 heterocycles. The van der Waals surface area contributed by atoms with Crippen molar-refractivity contribution in [3.63, 3.8) is 0 Å². The number of hydrogen-bond donors (Lipinski definition) is 1. The normalized spacial score (nSPS) is 15.6. The van der Waals surface area contributed by atoms with Crippen molar-refractivity contribution in [3.8, 4) is 0 Å². The van der Waals surface area contributed by atoms with E-state index in [-0.39, 0.29) is 15.7 Å². The summed E-state index contributed by atoms with van der Waals surface area (Å²) in [6.45, 7) is 0. The van der Waals surface area contributed by atoms with Crippen LogP contribution >= 0.6 is 34.8 Å². The van der Waals surface area contributed by atoms with Gasteiger partial charge in [-0.05, 0) is 17.7 Å². The Kier molecular flexibility index (Phi) is 3.30. The van der Waals surface area contributed by atoms with Gasteiger partial charge in [0.1, 0.15) is 5.69 Å². The molecule has 17 heavy (non-hydrogen) atoms. The van der Waals surface area contributed by atoms with E-state index in [0.29, 0.717) is 5.02 Å². The minimum Gasteiger partial charge on any atom is -0.338 e. The first-order valence-corrected chi connectivity index (χ1v) is 5.26. The molecule has 0 aliphatic carbocycles. The number of hydrogen-bond acceptors (Lipinski definition) is 6. The molecular weight excluding hydrogens is 294 g/mol. The molecule has 0 bridgehead atoms. The molecule has 0 atom stereocenters. The van der Waals surface area contributed by atoms with Crippen molar-refractivity contribution in [2.75, 3.05) is 5.17 Å². The van der Waals surface area contributed by atoms with E-state index in [1.54, 1.807) is 0 Å². The molecule has 1 aromatic rings. The molecule has 0 unspecified atom stereocenters. The van der Waals surface area contributed by atoms with Gasteiger partial charge < -0.3 is 9.68 Å². The Labute approximate surface area is 110 Å². The van der Waals surface area contributed by atoms with Crippen LogP contribution in [0.5, 0.6) is 0 Å². The maximum atomic E-state index is 11.0. The summed E-state index contributed by atoms with van der Waals surface area (Å²) in [6.07, 6.45) is 0. The first-order valence-electron chi connectivity index (χ1n) is 4.12. The molecule has 0 amide bonds. The Morgan fingerprint density at radius 3 is 2.18 bits per heavy atom. The van der Waals surface area contributed by atoms with E-state index < -0.39 is 11.9 Å². The largest absolute Gasteiger partial charge is 0.444 e. The number of rotatable bonds is 1. The van der Waals surface area contributed by atoms with Gasteiger partial charge in [0.2, 0.25) is 0 Å². The van der Waals surface area contributed by atoms with E-state index in [0.717, 1.165) is 5.17 Å². The molecule has 90 valence electrons. The van der Waals surface area contributed by atoms with Crippen LogP contribution in [0.4, 0.5) is 5.69 Å². The zero-order valence-electron chi connectivity index (χ0n) is 7.87. The van der Waals surface area contributed by atoms with Crippen LogP contribution in [0.1, 0.15) is 0 Å². The van der Waals surface area contributed by atoms with Crippen LogP contribution in [0.15, 0.2) is 12.1 Å². The van der Waals surface area contributed by atoms with Gasteiger partial charge in [0.05, 0.1) is 10.0 Å². The minimum absolute atomic E-state index is 0.0959. The molecule has 0 radical (unpaired) electrons. The highest BCUT2D eigenvalue weighted by molar-refractivity contribution is 6.41. The van der Waals surface area contributed by atoms with Crippen molar-refractivity contribution in [1.29, 1.82) is 0 Å². The summed E-state index contributed by atoms with van der Waals surface area (Å²) >= 11 is 17.5. The smallest absolute Gasteiger partial charge is 0.338 e. The fourth-order valence-corrected chi connectivity index (χ4v) is 2.05. The molecule has 1 N–H and O–H groups in total. The molecule has 9 heteroatoms. The summed E-state index contributed by atoms with van der Waals surface area (Å²) in [6, 6.07) is 2.77. The van der Waals surface area contributed by atoms with E-state index in [1.165, 1.54) is 12.1 Å². The predicted octanol–water partition coefficient (Wildman–Crippen LogP) is 1.89. The summed E-state index contributed by atoms with van der Waals surface area (Å²) in [5.41, 5.74) is 2.14.